The van der Waals surface area contributed by atoms with Gasteiger partial charge < -0.3 is 9.13 Å². The fourth-order valence-corrected chi connectivity index (χ4v) is 11.9. The molecule has 0 bridgehead atoms. The zero-order valence-electron chi connectivity index (χ0n) is 45.0. The van der Waals surface area contributed by atoms with Gasteiger partial charge in [0.2, 0.25) is 0 Å². The molecule has 0 saturated carbocycles. The molecule has 9 heteroatoms. The summed E-state index contributed by atoms with van der Waals surface area (Å²) in [4.78, 5) is 0. The van der Waals surface area contributed by atoms with Crippen molar-refractivity contribution in [3.8, 4) is 84.2 Å². The average molecular weight is 1080 g/mol. The van der Waals surface area contributed by atoms with Gasteiger partial charge in [-0.2, -0.15) is 31.6 Å². The highest BCUT2D eigenvalue weighted by Gasteiger charge is 2.37. The van der Waals surface area contributed by atoms with Gasteiger partial charge in [-0.05, 0) is 174 Å². The largest absolute Gasteiger partial charge is 0.416 e. The number of fused-ring (bicyclic) bond motifs is 6. The molecule has 0 saturated heterocycles. The molecular formula is C73H49F6N3. The molecule has 398 valence electrons. The summed E-state index contributed by atoms with van der Waals surface area (Å²) < 4.78 is 92.4. The quantitative estimate of drug-likeness (QED) is 0.140. The lowest BCUT2D eigenvalue weighted by Crippen LogP contribution is -2.11. The number of hydrogen-bond donors (Lipinski definition) is 0. The van der Waals surface area contributed by atoms with Crippen LogP contribution in [0.15, 0.2) is 224 Å². The van der Waals surface area contributed by atoms with Crippen LogP contribution in [0.2, 0.25) is 0 Å². The molecule has 0 fully saturated rings. The van der Waals surface area contributed by atoms with E-state index in [1.165, 1.54) is 0 Å². The van der Waals surface area contributed by atoms with Crippen LogP contribution in [0.25, 0.3) is 122 Å². The Morgan fingerprint density at radius 2 is 0.646 bits per heavy atom. The Hall–Kier alpha value is -9.91. The molecule has 2 heterocycles. The van der Waals surface area contributed by atoms with Crippen molar-refractivity contribution in [3.05, 3.63) is 263 Å². The summed E-state index contributed by atoms with van der Waals surface area (Å²) >= 11 is 0. The highest BCUT2D eigenvalue weighted by Crippen LogP contribution is 2.47. The molecule has 82 heavy (non-hydrogen) atoms. The van der Waals surface area contributed by atoms with Crippen molar-refractivity contribution in [2.24, 2.45) is 0 Å². The molecule has 0 spiro atoms. The van der Waals surface area contributed by atoms with Crippen LogP contribution >= 0.6 is 0 Å². The lowest BCUT2D eigenvalue weighted by Gasteiger charge is -2.21. The minimum atomic E-state index is -5.09. The predicted octanol–water partition coefficient (Wildman–Crippen LogP) is 21.0. The fourth-order valence-electron chi connectivity index (χ4n) is 11.9. The van der Waals surface area contributed by atoms with Crippen molar-refractivity contribution < 1.29 is 26.3 Å². The molecular weight excluding hydrogens is 1030 g/mol. The first kappa shape index (κ1) is 51.5. The number of halogens is 6. The fraction of sp³-hybridized carbons (Fsp3) is 0.0822. The maximum absolute atomic E-state index is 14.7. The van der Waals surface area contributed by atoms with Crippen molar-refractivity contribution in [1.82, 2.24) is 9.13 Å². The zero-order valence-corrected chi connectivity index (χ0v) is 45.0. The lowest BCUT2D eigenvalue weighted by atomic mass is 9.91. The molecule has 0 N–H and O–H groups in total. The van der Waals surface area contributed by atoms with E-state index in [4.69, 9.17) is 0 Å². The minimum absolute atomic E-state index is 0.0890. The topological polar surface area (TPSA) is 33.6 Å². The van der Waals surface area contributed by atoms with E-state index in [9.17, 15) is 31.6 Å². The van der Waals surface area contributed by atoms with Crippen molar-refractivity contribution in [2.45, 2.75) is 40.0 Å². The molecule has 0 aliphatic heterocycles. The molecule has 11 aromatic carbocycles. The Morgan fingerprint density at radius 3 is 1.00 bits per heavy atom. The van der Waals surface area contributed by atoms with Gasteiger partial charge in [0.15, 0.2) is 0 Å². The van der Waals surface area contributed by atoms with Crippen molar-refractivity contribution in [3.63, 3.8) is 0 Å². The first-order valence-corrected chi connectivity index (χ1v) is 26.9. The highest BCUT2D eigenvalue weighted by molar-refractivity contribution is 6.14. The van der Waals surface area contributed by atoms with Crippen LogP contribution in [-0.2, 0) is 12.4 Å². The van der Waals surface area contributed by atoms with Gasteiger partial charge in [0, 0.05) is 32.7 Å². The standard InChI is InChI=1S/C73H49F6N3/c1-43-10-5-14-47(30-43)51-20-25-65-60(36-51)61-37-52(48-15-6-11-44(2)31-48)21-26-66(61)81(65)69-29-24-55(57-34-58(72(74,75)76)41-59(35-57)73(77,78)79)40-64(69)71-56(42-80)18-9-19-70(71)82-67-27-22-53(49-16-7-12-45(3)32-49)38-62(67)63-39-54(23-28-68(63)82)50-17-8-13-46(4)33-50/h5-41H,1-4H3. The Labute approximate surface area is 469 Å². The van der Waals surface area contributed by atoms with E-state index < -0.39 is 23.5 Å². The predicted molar refractivity (Wildman–Crippen MR) is 321 cm³/mol. The molecule has 0 radical (unpaired) electrons. The SMILES string of the molecule is Cc1cccc(-c2ccc3c(c2)c2cc(-c4cccc(C)c4)ccc2n3-c2ccc(-c3cc(C(F)(F)F)cc(C(F)(F)F)c3)cc2-c2c(C#N)cccc2-n2c3ccc(-c4cccc(C)c4)cc3c3cc(-c4cccc(C)c4)ccc32)c1. The molecule has 0 aliphatic carbocycles. The van der Waals surface area contributed by atoms with Crippen LogP contribution in [0.3, 0.4) is 0 Å². The Morgan fingerprint density at radius 1 is 0.317 bits per heavy atom. The molecule has 0 atom stereocenters. The Bertz CT molecular complexity index is 4560. The number of nitrogens with zero attached hydrogens (tertiary/aromatic N) is 3. The number of aryl methyl sites for hydroxylation is 4. The monoisotopic (exact) mass is 1080 g/mol. The van der Waals surface area contributed by atoms with Crippen molar-refractivity contribution in [2.75, 3.05) is 0 Å². The minimum Gasteiger partial charge on any atom is -0.309 e. The summed E-state index contributed by atoms with van der Waals surface area (Å²) in [7, 11) is 0. The summed E-state index contributed by atoms with van der Waals surface area (Å²) in [5.41, 5.74) is 14.9. The smallest absolute Gasteiger partial charge is 0.309 e. The van der Waals surface area contributed by atoms with Crippen LogP contribution < -0.4 is 0 Å². The number of hydrogen-bond acceptors (Lipinski definition) is 1. The van der Waals surface area contributed by atoms with Gasteiger partial charge in [-0.1, -0.05) is 156 Å². The van der Waals surface area contributed by atoms with E-state index in [-0.39, 0.29) is 22.8 Å². The van der Waals surface area contributed by atoms with E-state index in [1.54, 1.807) is 24.3 Å². The van der Waals surface area contributed by atoms with E-state index in [2.05, 4.69) is 188 Å². The first-order valence-electron chi connectivity index (χ1n) is 26.9. The molecule has 0 amide bonds. The van der Waals surface area contributed by atoms with Crippen molar-refractivity contribution in [1.29, 1.82) is 5.26 Å². The first-order chi connectivity index (χ1) is 39.5. The van der Waals surface area contributed by atoms with Crippen LogP contribution in [0.4, 0.5) is 26.3 Å². The molecule has 2 aromatic heterocycles. The van der Waals surface area contributed by atoms with Gasteiger partial charge in [0.25, 0.3) is 0 Å². The Kier molecular flexibility index (Phi) is 12.4. The van der Waals surface area contributed by atoms with Crippen LogP contribution in [0.5, 0.6) is 0 Å². The van der Waals surface area contributed by atoms with E-state index >= 15 is 0 Å². The third-order valence-corrected chi connectivity index (χ3v) is 15.8. The second-order valence-corrected chi connectivity index (χ2v) is 21.4. The number of nitriles is 1. The van der Waals surface area contributed by atoms with Crippen molar-refractivity contribution >= 4 is 43.6 Å². The second kappa shape index (κ2) is 19.7. The maximum atomic E-state index is 14.7. The van der Waals surface area contributed by atoms with Crippen LogP contribution in [0, 0.1) is 39.0 Å². The van der Waals surface area contributed by atoms with E-state index in [0.29, 0.717) is 22.5 Å². The second-order valence-electron chi connectivity index (χ2n) is 21.4. The summed E-state index contributed by atoms with van der Waals surface area (Å²) in [6.45, 7) is 8.22. The normalized spacial score (nSPS) is 12.0. The Balaban J connectivity index is 1.14. The lowest BCUT2D eigenvalue weighted by molar-refractivity contribution is -0.143. The maximum Gasteiger partial charge on any atom is 0.416 e. The van der Waals surface area contributed by atoms with Crippen LogP contribution in [0.1, 0.15) is 38.9 Å². The summed E-state index contributed by atoms with van der Waals surface area (Å²) in [5, 5.41) is 15.1. The molecule has 0 aliphatic rings. The molecule has 13 aromatic rings. The number of alkyl halides is 6. The summed E-state index contributed by atoms with van der Waals surface area (Å²) in [6.07, 6.45) is -10.2. The third kappa shape index (κ3) is 9.16. The molecule has 13 rings (SSSR count). The zero-order chi connectivity index (χ0) is 56.8. The van der Waals surface area contributed by atoms with E-state index in [0.717, 1.165) is 123 Å². The summed E-state index contributed by atoms with van der Waals surface area (Å²) in [5.74, 6) is 0. The average Bonchev–Trinajstić information content (AvgIpc) is 2.95. The van der Waals surface area contributed by atoms with Gasteiger partial charge >= 0.3 is 12.4 Å². The van der Waals surface area contributed by atoms with Gasteiger partial charge in [0.1, 0.15) is 0 Å². The number of aromatic nitrogens is 2. The third-order valence-electron chi connectivity index (χ3n) is 15.8. The molecule has 3 nitrogen and oxygen atoms in total. The van der Waals surface area contributed by atoms with Gasteiger partial charge in [-0.25, -0.2) is 0 Å². The van der Waals surface area contributed by atoms with E-state index in [1.807, 2.05) is 36.4 Å². The van der Waals surface area contributed by atoms with Gasteiger partial charge in [-0.3, -0.25) is 0 Å². The van der Waals surface area contributed by atoms with Crippen LogP contribution in [-0.4, -0.2) is 9.13 Å². The number of rotatable bonds is 8. The number of benzene rings is 11. The highest BCUT2D eigenvalue weighted by atomic mass is 19.4. The van der Waals surface area contributed by atoms with Gasteiger partial charge in [0.05, 0.1) is 56.2 Å². The summed E-state index contributed by atoms with van der Waals surface area (Å²) in [6, 6.07) is 73.0. The van der Waals surface area contributed by atoms with Gasteiger partial charge in [-0.15, -0.1) is 0 Å². The molecule has 0 unspecified atom stereocenters.